The zero-order chi connectivity index (χ0) is 13.4. The first-order valence-electron chi connectivity index (χ1n) is 6.58. The summed E-state index contributed by atoms with van der Waals surface area (Å²) in [5, 5.41) is 0. The number of aryl methyl sites for hydroxylation is 3. The molecule has 2 aromatic rings. The highest BCUT2D eigenvalue weighted by atomic mass is 16.1. The first-order chi connectivity index (χ1) is 9.15. The summed E-state index contributed by atoms with van der Waals surface area (Å²) in [6, 6.07) is 7.75. The third kappa shape index (κ3) is 2.16. The number of aromatic nitrogens is 2. The number of Topliss-reactive ketones (excluding diaryl/α,β-unsaturated/α-hetero) is 1. The van der Waals surface area contributed by atoms with E-state index in [0.717, 1.165) is 35.5 Å². The van der Waals surface area contributed by atoms with Gasteiger partial charge < -0.3 is 0 Å². The molecule has 0 radical (unpaired) electrons. The van der Waals surface area contributed by atoms with Gasteiger partial charge in [-0.1, -0.05) is 6.07 Å². The molecule has 19 heavy (non-hydrogen) atoms. The van der Waals surface area contributed by atoms with Crippen molar-refractivity contribution in [3.05, 3.63) is 58.7 Å². The predicted molar refractivity (Wildman–Crippen MR) is 73.3 cm³/mol. The van der Waals surface area contributed by atoms with Crippen LogP contribution < -0.4 is 0 Å². The van der Waals surface area contributed by atoms with Gasteiger partial charge in [0.05, 0.1) is 11.6 Å². The summed E-state index contributed by atoms with van der Waals surface area (Å²) in [5.41, 5.74) is 4.71. The Bertz CT molecular complexity index is 629. The zero-order valence-electron chi connectivity index (χ0n) is 11.2. The van der Waals surface area contributed by atoms with Crippen molar-refractivity contribution in [3.8, 4) is 0 Å². The fourth-order valence-corrected chi connectivity index (χ4v) is 2.85. The number of rotatable bonds is 2. The Morgan fingerprint density at radius 3 is 2.74 bits per heavy atom. The number of carbonyl (C=O) groups excluding carboxylic acids is 1. The minimum absolute atomic E-state index is 0.0857. The Kier molecular flexibility index (Phi) is 2.90. The van der Waals surface area contributed by atoms with Gasteiger partial charge in [0.1, 0.15) is 0 Å². The van der Waals surface area contributed by atoms with Gasteiger partial charge in [0.15, 0.2) is 5.78 Å². The second-order valence-electron chi connectivity index (χ2n) is 5.14. The van der Waals surface area contributed by atoms with Crippen molar-refractivity contribution in [2.75, 3.05) is 0 Å². The van der Waals surface area contributed by atoms with Crippen LogP contribution in [-0.4, -0.2) is 15.8 Å². The minimum atomic E-state index is -0.0857. The molecule has 0 N–H and O–H groups in total. The fraction of sp³-hybridized carbons (Fsp3) is 0.312. The van der Waals surface area contributed by atoms with E-state index < -0.39 is 0 Å². The minimum Gasteiger partial charge on any atom is -0.293 e. The maximum absolute atomic E-state index is 12.6. The number of pyridine rings is 2. The van der Waals surface area contributed by atoms with Gasteiger partial charge in [-0.2, -0.15) is 0 Å². The van der Waals surface area contributed by atoms with Crippen molar-refractivity contribution in [1.29, 1.82) is 0 Å². The van der Waals surface area contributed by atoms with Crippen LogP contribution in [0.4, 0.5) is 0 Å². The summed E-state index contributed by atoms with van der Waals surface area (Å²) < 4.78 is 0. The smallest absolute Gasteiger partial charge is 0.172 e. The molecule has 0 saturated heterocycles. The molecule has 1 aliphatic rings. The molecule has 3 nitrogen and oxygen atoms in total. The van der Waals surface area contributed by atoms with E-state index >= 15 is 0 Å². The topological polar surface area (TPSA) is 42.9 Å². The normalized spacial score (nSPS) is 17.3. The molecule has 0 aromatic carbocycles. The Hall–Kier alpha value is -2.03. The molecule has 0 fully saturated rings. The molecule has 0 bridgehead atoms. The van der Waals surface area contributed by atoms with Gasteiger partial charge in [-0.3, -0.25) is 14.8 Å². The summed E-state index contributed by atoms with van der Waals surface area (Å²) in [6.45, 7) is 3.84. The summed E-state index contributed by atoms with van der Waals surface area (Å²) in [5.74, 6) is 0.0865. The summed E-state index contributed by atoms with van der Waals surface area (Å²) in [7, 11) is 0. The van der Waals surface area contributed by atoms with Crippen LogP contribution in [0.25, 0.3) is 0 Å². The fourth-order valence-electron chi connectivity index (χ4n) is 2.85. The van der Waals surface area contributed by atoms with Crippen molar-refractivity contribution in [1.82, 2.24) is 9.97 Å². The van der Waals surface area contributed by atoms with Crippen LogP contribution in [0.1, 0.15) is 45.3 Å². The van der Waals surface area contributed by atoms with Crippen LogP contribution in [0.5, 0.6) is 0 Å². The number of carbonyl (C=O) groups is 1. The molecule has 1 aliphatic carbocycles. The monoisotopic (exact) mass is 252 g/mol. The lowest BCUT2D eigenvalue weighted by Crippen LogP contribution is -2.12. The number of hydrogen-bond donors (Lipinski definition) is 0. The Balaban J connectivity index is 1.98. The number of ketones is 1. The van der Waals surface area contributed by atoms with Gasteiger partial charge >= 0.3 is 0 Å². The molecule has 0 aliphatic heterocycles. The lowest BCUT2D eigenvalue weighted by molar-refractivity contribution is 0.0958. The molecular formula is C16H16N2O. The standard InChI is InChI=1S/C16H16N2O/c1-10-8-13(9-11(2)18-10)16(19)14-6-5-12-4-3-7-17-15(12)14/h3-4,7-9,14H,5-6H2,1-2H3. The van der Waals surface area contributed by atoms with E-state index in [1.165, 1.54) is 5.56 Å². The second-order valence-corrected chi connectivity index (χ2v) is 5.14. The summed E-state index contributed by atoms with van der Waals surface area (Å²) in [6.07, 6.45) is 3.59. The average molecular weight is 252 g/mol. The lowest BCUT2D eigenvalue weighted by atomic mass is 9.95. The Morgan fingerprint density at radius 2 is 2.00 bits per heavy atom. The van der Waals surface area contributed by atoms with Gasteiger partial charge in [0.2, 0.25) is 0 Å². The third-order valence-corrected chi connectivity index (χ3v) is 3.64. The van der Waals surface area contributed by atoms with Gasteiger partial charge in [-0.25, -0.2) is 0 Å². The molecule has 2 aromatic heterocycles. The number of fused-ring (bicyclic) bond motifs is 1. The van der Waals surface area contributed by atoms with Crippen LogP contribution in [0.2, 0.25) is 0 Å². The van der Waals surface area contributed by atoms with E-state index in [1.54, 1.807) is 6.20 Å². The SMILES string of the molecule is Cc1cc(C(=O)C2CCc3cccnc32)cc(C)n1. The van der Waals surface area contributed by atoms with Gasteiger partial charge in [-0.05, 0) is 50.5 Å². The molecule has 3 heteroatoms. The molecule has 2 heterocycles. The van der Waals surface area contributed by atoms with Crippen molar-refractivity contribution in [2.45, 2.75) is 32.6 Å². The van der Waals surface area contributed by atoms with Crippen LogP contribution in [0.3, 0.4) is 0 Å². The van der Waals surface area contributed by atoms with E-state index in [0.29, 0.717) is 0 Å². The molecule has 3 rings (SSSR count). The van der Waals surface area contributed by atoms with E-state index in [9.17, 15) is 4.79 Å². The number of nitrogens with zero attached hydrogens (tertiary/aromatic N) is 2. The summed E-state index contributed by atoms with van der Waals surface area (Å²) >= 11 is 0. The van der Waals surface area contributed by atoms with Crippen LogP contribution >= 0.6 is 0 Å². The van der Waals surface area contributed by atoms with Crippen LogP contribution in [0, 0.1) is 13.8 Å². The van der Waals surface area contributed by atoms with Gasteiger partial charge in [0, 0.05) is 23.1 Å². The third-order valence-electron chi connectivity index (χ3n) is 3.64. The molecule has 1 atom stereocenters. The first-order valence-corrected chi connectivity index (χ1v) is 6.58. The van der Waals surface area contributed by atoms with E-state index in [4.69, 9.17) is 0 Å². The summed E-state index contributed by atoms with van der Waals surface area (Å²) in [4.78, 5) is 21.4. The molecule has 96 valence electrons. The highest BCUT2D eigenvalue weighted by Gasteiger charge is 2.30. The largest absolute Gasteiger partial charge is 0.293 e. The number of hydrogen-bond acceptors (Lipinski definition) is 3. The first kappa shape index (κ1) is 12.0. The second kappa shape index (κ2) is 4.57. The van der Waals surface area contributed by atoms with Gasteiger partial charge in [-0.15, -0.1) is 0 Å². The van der Waals surface area contributed by atoms with Crippen molar-refractivity contribution < 1.29 is 4.79 Å². The maximum atomic E-state index is 12.6. The maximum Gasteiger partial charge on any atom is 0.172 e. The van der Waals surface area contributed by atoms with Crippen LogP contribution in [-0.2, 0) is 6.42 Å². The van der Waals surface area contributed by atoms with Crippen LogP contribution in [0.15, 0.2) is 30.5 Å². The lowest BCUT2D eigenvalue weighted by Gasteiger charge is -2.10. The van der Waals surface area contributed by atoms with Crippen molar-refractivity contribution in [2.24, 2.45) is 0 Å². The van der Waals surface area contributed by atoms with Crippen molar-refractivity contribution >= 4 is 5.78 Å². The highest BCUT2D eigenvalue weighted by molar-refractivity contribution is 6.01. The van der Waals surface area contributed by atoms with E-state index in [2.05, 4.69) is 16.0 Å². The Labute approximate surface area is 112 Å². The Morgan fingerprint density at radius 1 is 1.26 bits per heavy atom. The molecular weight excluding hydrogens is 236 g/mol. The zero-order valence-corrected chi connectivity index (χ0v) is 11.2. The van der Waals surface area contributed by atoms with Gasteiger partial charge in [0.25, 0.3) is 0 Å². The molecule has 0 saturated carbocycles. The van der Waals surface area contributed by atoms with Crippen molar-refractivity contribution in [3.63, 3.8) is 0 Å². The average Bonchev–Trinajstić information content (AvgIpc) is 2.80. The highest BCUT2D eigenvalue weighted by Crippen LogP contribution is 2.33. The molecule has 0 amide bonds. The molecule has 1 unspecified atom stereocenters. The predicted octanol–water partition coefficient (Wildman–Crippen LogP) is 3.01. The van der Waals surface area contributed by atoms with E-state index in [-0.39, 0.29) is 11.7 Å². The van der Waals surface area contributed by atoms with E-state index in [1.807, 2.05) is 32.0 Å². The quantitative estimate of drug-likeness (QED) is 0.772. The molecule has 0 spiro atoms.